The van der Waals surface area contributed by atoms with Crippen LogP contribution in [0.4, 0.5) is 0 Å². The summed E-state index contributed by atoms with van der Waals surface area (Å²) in [5.74, 6) is 1.54. The van der Waals surface area contributed by atoms with E-state index < -0.39 is 0 Å². The Hall–Kier alpha value is -2.82. The van der Waals surface area contributed by atoms with Gasteiger partial charge in [0.2, 0.25) is 11.8 Å². The van der Waals surface area contributed by atoms with Crippen LogP contribution in [0.2, 0.25) is 0 Å². The van der Waals surface area contributed by atoms with Crippen molar-refractivity contribution >= 4 is 11.8 Å². The standard InChI is InChI=1S/C25H32N2O3/c1-19(2)22-10-7-20(8-11-22)9-12-24(28)26-13-15-27(16-14-26)25(29)18-21-5-4-6-23(17-21)30-3/h4-8,10-11,17,19H,9,12-16,18H2,1-3H3. The van der Waals surface area contributed by atoms with Crippen LogP contribution in [-0.4, -0.2) is 54.9 Å². The van der Waals surface area contributed by atoms with Gasteiger partial charge in [0, 0.05) is 32.6 Å². The van der Waals surface area contributed by atoms with Crippen LogP contribution in [0.25, 0.3) is 0 Å². The Kier molecular flexibility index (Phi) is 7.50. The molecular formula is C25H32N2O3. The summed E-state index contributed by atoms with van der Waals surface area (Å²) in [6.07, 6.45) is 1.63. The summed E-state index contributed by atoms with van der Waals surface area (Å²) < 4.78 is 5.22. The molecule has 30 heavy (non-hydrogen) atoms. The molecule has 0 bridgehead atoms. The van der Waals surface area contributed by atoms with Crippen molar-refractivity contribution in [1.29, 1.82) is 0 Å². The molecule has 5 nitrogen and oxygen atoms in total. The number of carbonyl (C=O) groups is 2. The fourth-order valence-electron chi connectivity index (χ4n) is 3.75. The van der Waals surface area contributed by atoms with Gasteiger partial charge in [0.25, 0.3) is 0 Å². The Balaban J connectivity index is 1.43. The molecule has 1 aliphatic rings. The second-order valence-corrected chi connectivity index (χ2v) is 8.19. The van der Waals surface area contributed by atoms with Crippen LogP contribution in [0.1, 0.15) is 42.9 Å². The van der Waals surface area contributed by atoms with Gasteiger partial charge in [-0.25, -0.2) is 0 Å². The highest BCUT2D eigenvalue weighted by atomic mass is 16.5. The Labute approximate surface area is 179 Å². The van der Waals surface area contributed by atoms with E-state index in [1.807, 2.05) is 34.1 Å². The van der Waals surface area contributed by atoms with Crippen LogP contribution in [0, 0.1) is 0 Å². The van der Waals surface area contributed by atoms with Gasteiger partial charge >= 0.3 is 0 Å². The predicted molar refractivity (Wildman–Crippen MR) is 119 cm³/mol. The smallest absolute Gasteiger partial charge is 0.227 e. The van der Waals surface area contributed by atoms with E-state index in [4.69, 9.17) is 4.74 Å². The zero-order valence-electron chi connectivity index (χ0n) is 18.3. The quantitative estimate of drug-likeness (QED) is 0.702. The molecule has 0 spiro atoms. The summed E-state index contributed by atoms with van der Waals surface area (Å²) in [6.45, 7) is 6.76. The summed E-state index contributed by atoms with van der Waals surface area (Å²) in [7, 11) is 1.62. The molecule has 0 radical (unpaired) electrons. The first-order valence-corrected chi connectivity index (χ1v) is 10.7. The van der Waals surface area contributed by atoms with Gasteiger partial charge in [-0.3, -0.25) is 9.59 Å². The van der Waals surface area contributed by atoms with Crippen LogP contribution in [0.3, 0.4) is 0 Å². The minimum Gasteiger partial charge on any atom is -0.497 e. The molecule has 5 heteroatoms. The lowest BCUT2D eigenvalue weighted by Gasteiger charge is -2.35. The van der Waals surface area contributed by atoms with Gasteiger partial charge < -0.3 is 14.5 Å². The van der Waals surface area contributed by atoms with E-state index in [1.54, 1.807) is 7.11 Å². The molecule has 1 heterocycles. The van der Waals surface area contributed by atoms with E-state index in [9.17, 15) is 9.59 Å². The summed E-state index contributed by atoms with van der Waals surface area (Å²) in [5.41, 5.74) is 3.46. The molecule has 2 aromatic rings. The van der Waals surface area contributed by atoms with Crippen molar-refractivity contribution in [3.8, 4) is 5.75 Å². The van der Waals surface area contributed by atoms with Gasteiger partial charge in [0.15, 0.2) is 0 Å². The highest BCUT2D eigenvalue weighted by Gasteiger charge is 2.24. The molecule has 3 rings (SSSR count). The Morgan fingerprint density at radius 3 is 2.13 bits per heavy atom. The summed E-state index contributed by atoms with van der Waals surface area (Å²) >= 11 is 0. The van der Waals surface area contributed by atoms with Crippen molar-refractivity contribution in [1.82, 2.24) is 9.80 Å². The van der Waals surface area contributed by atoms with Gasteiger partial charge in [-0.15, -0.1) is 0 Å². The van der Waals surface area contributed by atoms with E-state index in [-0.39, 0.29) is 11.8 Å². The van der Waals surface area contributed by atoms with Crippen molar-refractivity contribution in [2.24, 2.45) is 0 Å². The van der Waals surface area contributed by atoms with Crippen molar-refractivity contribution in [3.63, 3.8) is 0 Å². The van der Waals surface area contributed by atoms with Gasteiger partial charge in [-0.1, -0.05) is 50.2 Å². The number of methoxy groups -OCH3 is 1. The average molecular weight is 409 g/mol. The maximum absolute atomic E-state index is 12.6. The molecule has 0 atom stereocenters. The first-order valence-electron chi connectivity index (χ1n) is 10.7. The SMILES string of the molecule is COc1cccc(CC(=O)N2CCN(C(=O)CCc3ccc(C(C)C)cc3)CC2)c1. The van der Waals surface area contributed by atoms with Crippen LogP contribution in [0.5, 0.6) is 5.75 Å². The first kappa shape index (κ1) is 21.9. The lowest BCUT2D eigenvalue weighted by atomic mass is 10.00. The van der Waals surface area contributed by atoms with Crippen molar-refractivity contribution in [3.05, 3.63) is 65.2 Å². The molecule has 0 unspecified atom stereocenters. The van der Waals surface area contributed by atoms with Crippen LogP contribution in [-0.2, 0) is 22.4 Å². The molecule has 0 aromatic heterocycles. The lowest BCUT2D eigenvalue weighted by Crippen LogP contribution is -2.51. The Bertz CT molecular complexity index is 853. The molecular weight excluding hydrogens is 376 g/mol. The van der Waals surface area contributed by atoms with Gasteiger partial charge in [-0.05, 0) is 41.2 Å². The minimum absolute atomic E-state index is 0.0978. The van der Waals surface area contributed by atoms with Crippen molar-refractivity contribution < 1.29 is 14.3 Å². The van der Waals surface area contributed by atoms with Crippen LogP contribution in [0.15, 0.2) is 48.5 Å². The molecule has 0 N–H and O–H groups in total. The second kappa shape index (κ2) is 10.3. The van der Waals surface area contributed by atoms with E-state index in [2.05, 4.69) is 38.1 Å². The van der Waals surface area contributed by atoms with E-state index >= 15 is 0 Å². The third-order valence-electron chi connectivity index (χ3n) is 5.75. The Morgan fingerprint density at radius 2 is 1.53 bits per heavy atom. The number of carbonyl (C=O) groups excluding carboxylic acids is 2. The molecule has 0 saturated carbocycles. The van der Waals surface area contributed by atoms with E-state index in [0.717, 1.165) is 17.7 Å². The van der Waals surface area contributed by atoms with Crippen LogP contribution < -0.4 is 4.74 Å². The predicted octanol–water partition coefficient (Wildman–Crippen LogP) is 3.66. The zero-order chi connectivity index (χ0) is 21.5. The van der Waals surface area contributed by atoms with Crippen molar-refractivity contribution in [2.75, 3.05) is 33.3 Å². The number of piperazine rings is 1. The number of nitrogens with zero attached hydrogens (tertiary/aromatic N) is 2. The topological polar surface area (TPSA) is 49.9 Å². The highest BCUT2D eigenvalue weighted by Crippen LogP contribution is 2.17. The van der Waals surface area contributed by atoms with Gasteiger partial charge in [-0.2, -0.15) is 0 Å². The lowest BCUT2D eigenvalue weighted by molar-refractivity contribution is -0.139. The number of benzene rings is 2. The minimum atomic E-state index is 0.0978. The van der Waals surface area contributed by atoms with Crippen LogP contribution >= 0.6 is 0 Å². The molecule has 1 saturated heterocycles. The fourth-order valence-corrected chi connectivity index (χ4v) is 3.75. The summed E-state index contributed by atoms with van der Waals surface area (Å²) in [4.78, 5) is 28.9. The van der Waals surface area contributed by atoms with Crippen molar-refractivity contribution in [2.45, 2.75) is 39.0 Å². The largest absolute Gasteiger partial charge is 0.497 e. The summed E-state index contributed by atoms with van der Waals surface area (Å²) in [5, 5.41) is 0. The number of ether oxygens (including phenoxy) is 1. The molecule has 0 aliphatic carbocycles. The second-order valence-electron chi connectivity index (χ2n) is 8.19. The number of hydrogen-bond donors (Lipinski definition) is 0. The maximum Gasteiger partial charge on any atom is 0.227 e. The first-order chi connectivity index (χ1) is 14.5. The highest BCUT2D eigenvalue weighted by molar-refractivity contribution is 5.80. The number of amides is 2. The number of rotatable bonds is 7. The zero-order valence-corrected chi connectivity index (χ0v) is 18.3. The van der Waals surface area contributed by atoms with E-state index in [0.29, 0.717) is 44.9 Å². The third kappa shape index (κ3) is 5.85. The van der Waals surface area contributed by atoms with E-state index in [1.165, 1.54) is 11.1 Å². The van der Waals surface area contributed by atoms with Gasteiger partial charge in [0.05, 0.1) is 13.5 Å². The monoisotopic (exact) mass is 408 g/mol. The number of hydrogen-bond acceptors (Lipinski definition) is 3. The Morgan fingerprint density at radius 1 is 0.900 bits per heavy atom. The molecule has 1 aliphatic heterocycles. The molecule has 160 valence electrons. The summed E-state index contributed by atoms with van der Waals surface area (Å²) in [6, 6.07) is 16.1. The molecule has 2 aromatic carbocycles. The average Bonchev–Trinajstić information content (AvgIpc) is 2.78. The fraction of sp³-hybridized carbons (Fsp3) is 0.440. The number of aryl methyl sites for hydroxylation is 1. The maximum atomic E-state index is 12.6. The molecule has 1 fully saturated rings. The normalized spacial score (nSPS) is 14.1. The molecule has 2 amide bonds. The third-order valence-corrected chi connectivity index (χ3v) is 5.75. The van der Waals surface area contributed by atoms with Gasteiger partial charge in [0.1, 0.15) is 5.75 Å².